The van der Waals surface area contributed by atoms with Crippen molar-refractivity contribution in [2.75, 3.05) is 0 Å². The minimum absolute atomic E-state index is 0.0394. The van der Waals surface area contributed by atoms with Gasteiger partial charge >= 0.3 is 11.9 Å². The van der Waals surface area contributed by atoms with Gasteiger partial charge in [-0.2, -0.15) is 0 Å². The summed E-state index contributed by atoms with van der Waals surface area (Å²) in [6.45, 7) is 8.94. The minimum Gasteiger partial charge on any atom is -0.462 e. The van der Waals surface area contributed by atoms with Crippen LogP contribution in [0.1, 0.15) is 201 Å². The first-order valence-corrected chi connectivity index (χ1v) is 17.5. The van der Waals surface area contributed by atoms with Crippen LogP contribution in [0.25, 0.3) is 0 Å². The summed E-state index contributed by atoms with van der Waals surface area (Å²) in [5, 5.41) is 0. The first-order chi connectivity index (χ1) is 19.1. The molecule has 0 saturated heterocycles. The van der Waals surface area contributed by atoms with Crippen molar-refractivity contribution in [2.45, 2.75) is 213 Å². The van der Waals surface area contributed by atoms with E-state index in [1.807, 2.05) is 0 Å². The van der Waals surface area contributed by atoms with Crippen LogP contribution in [-0.4, -0.2) is 24.1 Å². The highest BCUT2D eigenvalue weighted by atomic mass is 16.5. The molecule has 0 aromatic carbocycles. The van der Waals surface area contributed by atoms with Crippen LogP contribution in [0, 0.1) is 0 Å². The lowest BCUT2D eigenvalue weighted by Gasteiger charge is -2.19. The van der Waals surface area contributed by atoms with E-state index in [4.69, 9.17) is 9.47 Å². The van der Waals surface area contributed by atoms with Crippen molar-refractivity contribution in [2.24, 2.45) is 0 Å². The lowest BCUT2D eigenvalue weighted by Crippen LogP contribution is -2.20. The molecule has 0 saturated carbocycles. The third-order valence-corrected chi connectivity index (χ3v) is 7.88. The maximum atomic E-state index is 12.6. The molecule has 0 N–H and O–H groups in total. The minimum atomic E-state index is -0.140. The average Bonchev–Trinajstić information content (AvgIpc) is 2.92. The second kappa shape index (κ2) is 29.9. The summed E-state index contributed by atoms with van der Waals surface area (Å²) in [5.41, 5.74) is 0. The van der Waals surface area contributed by atoms with Gasteiger partial charge in [0.2, 0.25) is 0 Å². The number of carbonyl (C=O) groups is 2. The zero-order chi connectivity index (χ0) is 28.8. The number of unbranched alkanes of at least 4 members (excludes halogenated alkanes) is 16. The molecule has 0 radical (unpaired) electrons. The Bertz CT molecular complexity index is 459. The molecular formula is C35H68O4. The van der Waals surface area contributed by atoms with E-state index in [1.165, 1.54) is 103 Å². The van der Waals surface area contributed by atoms with E-state index in [1.54, 1.807) is 0 Å². The summed E-state index contributed by atoms with van der Waals surface area (Å²) in [6, 6.07) is 0. The molecule has 39 heavy (non-hydrogen) atoms. The van der Waals surface area contributed by atoms with Crippen LogP contribution in [0.5, 0.6) is 0 Å². The molecule has 4 nitrogen and oxygen atoms in total. The summed E-state index contributed by atoms with van der Waals surface area (Å²) in [7, 11) is 0. The van der Waals surface area contributed by atoms with Crippen LogP contribution in [-0.2, 0) is 19.1 Å². The fourth-order valence-corrected chi connectivity index (χ4v) is 5.29. The summed E-state index contributed by atoms with van der Waals surface area (Å²) in [6.07, 6.45) is 29.8. The van der Waals surface area contributed by atoms with E-state index in [9.17, 15) is 9.59 Å². The number of hydrogen-bond acceptors (Lipinski definition) is 4. The Morgan fingerprint density at radius 3 is 0.897 bits per heavy atom. The highest BCUT2D eigenvalue weighted by Gasteiger charge is 2.17. The molecule has 0 aliphatic carbocycles. The number of carbonyl (C=O) groups excluding carboxylic acids is 2. The van der Waals surface area contributed by atoms with Gasteiger partial charge in [-0.25, -0.2) is 0 Å². The predicted octanol–water partition coefficient (Wildman–Crippen LogP) is 11.4. The molecule has 0 aliphatic heterocycles. The van der Waals surface area contributed by atoms with Gasteiger partial charge in [-0.15, -0.1) is 0 Å². The van der Waals surface area contributed by atoms with Crippen LogP contribution in [0.4, 0.5) is 0 Å². The normalized spacial score (nSPS) is 11.4. The third-order valence-electron chi connectivity index (χ3n) is 7.88. The standard InChI is InChI=1S/C35H68O4/c1-5-9-13-17-21-26-32(27-22-18-14-10-6-2)38-34(36)30-25-31-35(37)39-33(28-23-19-15-11-7-3)29-24-20-16-12-8-4/h32-33H,5-31H2,1-4H3. The van der Waals surface area contributed by atoms with Gasteiger partial charge in [0.15, 0.2) is 0 Å². The zero-order valence-corrected chi connectivity index (χ0v) is 26.9. The number of rotatable bonds is 30. The van der Waals surface area contributed by atoms with E-state index >= 15 is 0 Å². The molecule has 4 heteroatoms. The van der Waals surface area contributed by atoms with Crippen LogP contribution in [0.15, 0.2) is 0 Å². The molecule has 0 aliphatic rings. The molecule has 0 aromatic rings. The highest BCUT2D eigenvalue weighted by Crippen LogP contribution is 2.19. The summed E-state index contributed by atoms with van der Waals surface area (Å²) < 4.78 is 11.8. The molecule has 0 atom stereocenters. The van der Waals surface area contributed by atoms with Gasteiger partial charge in [-0.1, -0.05) is 130 Å². The van der Waals surface area contributed by atoms with Gasteiger partial charge < -0.3 is 9.47 Å². The van der Waals surface area contributed by atoms with Gasteiger partial charge in [-0.3, -0.25) is 9.59 Å². The van der Waals surface area contributed by atoms with Crippen molar-refractivity contribution in [1.82, 2.24) is 0 Å². The largest absolute Gasteiger partial charge is 0.462 e. The second-order valence-corrected chi connectivity index (χ2v) is 11.9. The maximum absolute atomic E-state index is 12.6. The summed E-state index contributed by atoms with van der Waals surface area (Å²) >= 11 is 0. The molecule has 0 spiro atoms. The Labute approximate surface area is 244 Å². The molecule has 0 fully saturated rings. The molecule has 232 valence electrons. The van der Waals surface area contributed by atoms with Crippen LogP contribution in [0.2, 0.25) is 0 Å². The molecule has 0 rings (SSSR count). The van der Waals surface area contributed by atoms with Crippen molar-refractivity contribution < 1.29 is 19.1 Å². The second-order valence-electron chi connectivity index (χ2n) is 11.9. The molecule has 0 aromatic heterocycles. The molecule has 0 heterocycles. The van der Waals surface area contributed by atoms with Gasteiger partial charge in [-0.05, 0) is 57.8 Å². The number of esters is 2. The van der Waals surface area contributed by atoms with Crippen molar-refractivity contribution in [3.8, 4) is 0 Å². The molecule has 0 unspecified atom stereocenters. The Morgan fingerprint density at radius 2 is 0.641 bits per heavy atom. The smallest absolute Gasteiger partial charge is 0.306 e. The van der Waals surface area contributed by atoms with Crippen LogP contribution in [0.3, 0.4) is 0 Å². The van der Waals surface area contributed by atoms with Crippen molar-refractivity contribution in [3.05, 3.63) is 0 Å². The Hall–Kier alpha value is -1.06. The first kappa shape index (κ1) is 37.9. The average molecular weight is 553 g/mol. The van der Waals surface area contributed by atoms with E-state index in [-0.39, 0.29) is 24.1 Å². The number of ether oxygens (including phenoxy) is 2. The van der Waals surface area contributed by atoms with E-state index < -0.39 is 0 Å². The van der Waals surface area contributed by atoms with Crippen molar-refractivity contribution in [1.29, 1.82) is 0 Å². The molecule has 0 amide bonds. The zero-order valence-electron chi connectivity index (χ0n) is 26.9. The van der Waals surface area contributed by atoms with Crippen LogP contribution >= 0.6 is 0 Å². The Kier molecular flexibility index (Phi) is 29.1. The Morgan fingerprint density at radius 1 is 0.385 bits per heavy atom. The fourth-order valence-electron chi connectivity index (χ4n) is 5.29. The van der Waals surface area contributed by atoms with E-state index in [0.29, 0.717) is 19.3 Å². The van der Waals surface area contributed by atoms with Crippen LogP contribution < -0.4 is 0 Å². The first-order valence-electron chi connectivity index (χ1n) is 17.5. The SMILES string of the molecule is CCCCCCCC(CCCCCCC)OC(=O)CCCC(=O)OC(CCCCCCC)CCCCCCC. The van der Waals surface area contributed by atoms with Gasteiger partial charge in [0, 0.05) is 12.8 Å². The molecule has 0 bridgehead atoms. The van der Waals surface area contributed by atoms with Gasteiger partial charge in [0.1, 0.15) is 12.2 Å². The highest BCUT2D eigenvalue weighted by molar-refractivity contribution is 5.72. The number of hydrogen-bond donors (Lipinski definition) is 0. The van der Waals surface area contributed by atoms with Gasteiger partial charge in [0.25, 0.3) is 0 Å². The lowest BCUT2D eigenvalue weighted by atomic mass is 10.0. The fraction of sp³-hybridized carbons (Fsp3) is 0.943. The Balaban J connectivity index is 4.45. The van der Waals surface area contributed by atoms with E-state index in [0.717, 1.165) is 51.4 Å². The topological polar surface area (TPSA) is 52.6 Å². The lowest BCUT2D eigenvalue weighted by molar-refractivity contribution is -0.151. The maximum Gasteiger partial charge on any atom is 0.306 e. The van der Waals surface area contributed by atoms with Gasteiger partial charge in [0.05, 0.1) is 0 Å². The monoisotopic (exact) mass is 553 g/mol. The predicted molar refractivity (Wildman–Crippen MR) is 167 cm³/mol. The quantitative estimate of drug-likeness (QED) is 0.0656. The summed E-state index contributed by atoms with van der Waals surface area (Å²) in [4.78, 5) is 25.2. The summed E-state index contributed by atoms with van der Waals surface area (Å²) in [5.74, 6) is -0.281. The third kappa shape index (κ3) is 26.9. The van der Waals surface area contributed by atoms with Crippen molar-refractivity contribution >= 4 is 11.9 Å². The molecular weight excluding hydrogens is 484 g/mol. The van der Waals surface area contributed by atoms with Crippen molar-refractivity contribution in [3.63, 3.8) is 0 Å². The van der Waals surface area contributed by atoms with E-state index in [2.05, 4.69) is 27.7 Å².